The third-order valence-electron chi connectivity index (χ3n) is 0.585. The number of carbonyl (C=O) groups excluding carboxylic acids is 1. The Morgan fingerprint density at radius 1 is 1.56 bits per heavy atom. The number of hydrogen-bond donors (Lipinski definition) is 1. The van der Waals surface area contributed by atoms with E-state index in [2.05, 4.69) is 0 Å². The van der Waals surface area contributed by atoms with Gasteiger partial charge in [-0.1, -0.05) is 0 Å². The van der Waals surface area contributed by atoms with Crippen LogP contribution in [0.15, 0.2) is 0 Å². The smallest absolute Gasteiger partial charge is 0.550 e. The van der Waals surface area contributed by atoms with Crippen LogP contribution in [0.4, 0.5) is 0 Å². The van der Waals surface area contributed by atoms with E-state index in [4.69, 9.17) is 5.73 Å². The predicted octanol–water partition coefficient (Wildman–Crippen LogP) is -5.35. The average molecular weight is 143 g/mol. The van der Waals surface area contributed by atoms with Gasteiger partial charge in [-0.05, 0) is 19.4 Å². The zero-order valence-electron chi connectivity index (χ0n) is 5.52. The Kier molecular flexibility index (Phi) is 20.2. The monoisotopic (exact) mass is 143 g/mol. The fourth-order valence-corrected chi connectivity index (χ4v) is 0.246. The molecule has 50 valence electrons. The van der Waals surface area contributed by atoms with E-state index in [0.717, 1.165) is 0 Å². The first-order valence-corrected chi connectivity index (χ1v) is 2.17. The summed E-state index contributed by atoms with van der Waals surface area (Å²) in [7, 11) is 0. The van der Waals surface area contributed by atoms with Gasteiger partial charge in [-0.15, -0.1) is 0 Å². The molecule has 0 fully saturated rings. The number of carboxylic acids is 1. The number of carboxylic acid groups (broad SMARTS) is 1. The molecule has 4 nitrogen and oxygen atoms in total. The van der Waals surface area contributed by atoms with Crippen LogP contribution in [0, 0.1) is 0 Å². The maximum atomic E-state index is 9.59. The van der Waals surface area contributed by atoms with Crippen molar-refractivity contribution in [2.24, 2.45) is 5.73 Å². The first kappa shape index (κ1) is 16.2. The molecule has 0 aromatic carbocycles. The number of hydrogen-bond acceptors (Lipinski definition) is 3. The van der Waals surface area contributed by atoms with Gasteiger partial charge in [0, 0.05) is 5.97 Å². The summed E-state index contributed by atoms with van der Waals surface area (Å²) in [5.74, 6) is -1.02. The zero-order valence-corrected chi connectivity index (χ0v) is 7.52. The largest absolute Gasteiger partial charge is 1.00 e. The van der Waals surface area contributed by atoms with Crippen LogP contribution in [-0.4, -0.2) is 18.0 Å². The summed E-state index contributed by atoms with van der Waals surface area (Å²) in [6.45, 7) is 0.425. The molecule has 0 aromatic heterocycles. The fourth-order valence-electron chi connectivity index (χ4n) is 0.246. The van der Waals surface area contributed by atoms with Crippen LogP contribution in [0.3, 0.4) is 0 Å². The van der Waals surface area contributed by atoms with Crippen molar-refractivity contribution in [3.05, 3.63) is 0 Å². The van der Waals surface area contributed by atoms with Gasteiger partial charge < -0.3 is 21.1 Å². The zero-order chi connectivity index (χ0) is 5.70. The maximum Gasteiger partial charge on any atom is 1.00 e. The number of nitrogens with two attached hydrogens (primary N) is 1. The van der Waals surface area contributed by atoms with Gasteiger partial charge in [-0.3, -0.25) is 0 Å². The molecule has 0 amide bonds. The molecule has 0 rings (SSSR count). The van der Waals surface area contributed by atoms with Gasteiger partial charge in [-0.25, -0.2) is 0 Å². The second-order valence-electron chi connectivity index (χ2n) is 1.26. The van der Waals surface area contributed by atoms with Crippen LogP contribution in [0.1, 0.15) is 12.8 Å². The average Bonchev–Trinajstić information content (AvgIpc) is 1.61. The predicted molar refractivity (Wildman–Crippen MR) is 26.9 cm³/mol. The van der Waals surface area contributed by atoms with Crippen LogP contribution >= 0.6 is 0 Å². The molecule has 0 heterocycles. The van der Waals surface area contributed by atoms with Crippen molar-refractivity contribution in [3.63, 3.8) is 0 Å². The van der Waals surface area contributed by atoms with Crippen LogP contribution < -0.4 is 40.4 Å². The standard InChI is InChI=1S/C4H9NO2.Na.H2O/c5-3-1-2-4(6)7;;/h1-3,5H2,(H,6,7);;1H2/q;+1;/p-1. The molecule has 0 radical (unpaired) electrons. The third-order valence-corrected chi connectivity index (χ3v) is 0.585. The molecular weight excluding hydrogens is 133 g/mol. The van der Waals surface area contributed by atoms with Gasteiger partial charge >= 0.3 is 29.6 Å². The molecule has 5 heteroatoms. The van der Waals surface area contributed by atoms with Crippen LogP contribution in [-0.2, 0) is 4.79 Å². The summed E-state index contributed by atoms with van der Waals surface area (Å²) < 4.78 is 0. The summed E-state index contributed by atoms with van der Waals surface area (Å²) in [6.07, 6.45) is 0.596. The van der Waals surface area contributed by atoms with E-state index < -0.39 is 5.97 Å². The summed E-state index contributed by atoms with van der Waals surface area (Å²) in [4.78, 5) is 9.59. The van der Waals surface area contributed by atoms with Gasteiger partial charge in [0.05, 0.1) is 0 Å². The van der Waals surface area contributed by atoms with Gasteiger partial charge in [-0.2, -0.15) is 0 Å². The third kappa shape index (κ3) is 17.8. The van der Waals surface area contributed by atoms with E-state index in [1.807, 2.05) is 0 Å². The topological polar surface area (TPSA) is 97.7 Å². The van der Waals surface area contributed by atoms with Gasteiger partial charge in [0.2, 0.25) is 0 Å². The van der Waals surface area contributed by atoms with E-state index in [-0.39, 0.29) is 41.5 Å². The second-order valence-corrected chi connectivity index (χ2v) is 1.26. The minimum absolute atomic E-state index is 0. The maximum absolute atomic E-state index is 9.59. The summed E-state index contributed by atoms with van der Waals surface area (Å²) in [5, 5.41) is 9.59. The van der Waals surface area contributed by atoms with Crippen molar-refractivity contribution < 1.29 is 44.9 Å². The molecule has 0 aromatic rings. The Morgan fingerprint density at radius 3 is 2.11 bits per heavy atom. The van der Waals surface area contributed by atoms with Crippen molar-refractivity contribution >= 4 is 5.97 Å². The molecule has 0 spiro atoms. The molecular formula is C4H10NNaO3. The van der Waals surface area contributed by atoms with E-state index in [0.29, 0.717) is 13.0 Å². The fraction of sp³-hybridized carbons (Fsp3) is 0.750. The van der Waals surface area contributed by atoms with Crippen molar-refractivity contribution in [2.75, 3.05) is 6.54 Å². The van der Waals surface area contributed by atoms with Crippen molar-refractivity contribution in [2.45, 2.75) is 12.8 Å². The van der Waals surface area contributed by atoms with E-state index in [1.54, 1.807) is 0 Å². The molecule has 0 atom stereocenters. The molecule has 0 aliphatic rings. The molecule has 0 unspecified atom stereocenters. The Balaban J connectivity index is -0.000000180. The molecule has 0 aliphatic heterocycles. The first-order valence-electron chi connectivity index (χ1n) is 2.17. The number of rotatable bonds is 3. The van der Waals surface area contributed by atoms with Gasteiger partial charge in [0.1, 0.15) is 0 Å². The van der Waals surface area contributed by atoms with Gasteiger partial charge in [0.25, 0.3) is 0 Å². The number of carbonyl (C=O) groups is 1. The minimum atomic E-state index is -1.02. The molecule has 4 N–H and O–H groups in total. The SMILES string of the molecule is NCCCC(=O)[O-].O.[Na+]. The Hall–Kier alpha value is 0.390. The van der Waals surface area contributed by atoms with E-state index in [1.165, 1.54) is 0 Å². The van der Waals surface area contributed by atoms with Crippen LogP contribution in [0.25, 0.3) is 0 Å². The molecule has 0 saturated heterocycles. The van der Waals surface area contributed by atoms with E-state index in [9.17, 15) is 9.90 Å². The summed E-state index contributed by atoms with van der Waals surface area (Å²) in [6, 6.07) is 0. The van der Waals surface area contributed by atoms with Crippen LogP contribution in [0.5, 0.6) is 0 Å². The molecule has 0 saturated carbocycles. The quantitative estimate of drug-likeness (QED) is 0.399. The minimum Gasteiger partial charge on any atom is -0.550 e. The summed E-state index contributed by atoms with van der Waals surface area (Å²) >= 11 is 0. The van der Waals surface area contributed by atoms with E-state index >= 15 is 0 Å². The Morgan fingerprint density at radius 2 is 2.00 bits per heavy atom. The normalized spacial score (nSPS) is 6.78. The van der Waals surface area contributed by atoms with Crippen molar-refractivity contribution in [1.82, 2.24) is 0 Å². The second kappa shape index (κ2) is 11.2. The van der Waals surface area contributed by atoms with Crippen molar-refractivity contribution in [3.8, 4) is 0 Å². The van der Waals surface area contributed by atoms with Crippen LogP contribution in [0.2, 0.25) is 0 Å². The molecule has 0 aliphatic carbocycles. The molecule has 0 bridgehead atoms. The van der Waals surface area contributed by atoms with Crippen molar-refractivity contribution in [1.29, 1.82) is 0 Å². The Bertz CT molecular complexity index is 68.8. The molecule has 9 heavy (non-hydrogen) atoms. The summed E-state index contributed by atoms with van der Waals surface area (Å²) in [5.41, 5.74) is 4.99. The van der Waals surface area contributed by atoms with Gasteiger partial charge in [0.15, 0.2) is 0 Å². The number of aliphatic carboxylic acids is 1. The Labute approximate surface area is 76.0 Å². The first-order chi connectivity index (χ1) is 3.27.